The highest BCUT2D eigenvalue weighted by Crippen LogP contribution is 2.31. The first kappa shape index (κ1) is 19.7. The van der Waals surface area contributed by atoms with Gasteiger partial charge in [0.05, 0.1) is 35.2 Å². The van der Waals surface area contributed by atoms with Crippen molar-refractivity contribution in [2.45, 2.75) is 25.9 Å². The zero-order valence-corrected chi connectivity index (χ0v) is 17.9. The van der Waals surface area contributed by atoms with Crippen LogP contribution in [0.1, 0.15) is 22.7 Å². The topological polar surface area (TPSA) is 74.6 Å². The molecule has 0 saturated carbocycles. The molecule has 0 bridgehead atoms. The molecule has 1 N–H and O–H groups in total. The maximum atomic E-state index is 9.29. The Bertz CT molecular complexity index is 1000. The normalized spacial score (nSPS) is 20.1. The Morgan fingerprint density at radius 3 is 2.83 bits per heavy atom. The second-order valence-electron chi connectivity index (χ2n) is 8.03. The van der Waals surface area contributed by atoms with Crippen molar-refractivity contribution in [3.63, 3.8) is 0 Å². The summed E-state index contributed by atoms with van der Waals surface area (Å²) in [5.74, 6) is 1.59. The average molecular weight is 426 g/mol. The third kappa shape index (κ3) is 4.12. The lowest BCUT2D eigenvalue weighted by atomic mass is 9.95. The van der Waals surface area contributed by atoms with Gasteiger partial charge in [0.2, 0.25) is 0 Å². The number of aliphatic hydroxyl groups is 1. The highest BCUT2D eigenvalue weighted by molar-refractivity contribution is 7.11. The van der Waals surface area contributed by atoms with Crippen LogP contribution in [0.2, 0.25) is 0 Å². The van der Waals surface area contributed by atoms with E-state index in [1.165, 1.54) is 12.1 Å². The molecule has 1 unspecified atom stereocenters. The lowest BCUT2D eigenvalue weighted by molar-refractivity contribution is 0.122. The summed E-state index contributed by atoms with van der Waals surface area (Å²) in [6.07, 6.45) is 6.81. The molecule has 0 radical (unpaired) electrons. The quantitative estimate of drug-likeness (QED) is 0.674. The zero-order valence-electron chi connectivity index (χ0n) is 17.0. The van der Waals surface area contributed by atoms with Gasteiger partial charge in [-0.1, -0.05) is 0 Å². The van der Waals surface area contributed by atoms with Crippen LogP contribution in [0, 0.1) is 5.92 Å². The Morgan fingerprint density at radius 1 is 1.10 bits per heavy atom. The molecule has 7 nitrogen and oxygen atoms in total. The molecule has 0 spiro atoms. The second-order valence-corrected chi connectivity index (χ2v) is 9.23. The predicted molar refractivity (Wildman–Crippen MR) is 119 cm³/mol. The number of morpholine rings is 1. The predicted octanol–water partition coefficient (Wildman–Crippen LogP) is 2.87. The summed E-state index contributed by atoms with van der Waals surface area (Å²) in [5.41, 5.74) is 2.20. The third-order valence-electron chi connectivity index (χ3n) is 6.01. The molecule has 1 atom stereocenters. The van der Waals surface area contributed by atoms with E-state index in [0.717, 1.165) is 78.8 Å². The summed E-state index contributed by atoms with van der Waals surface area (Å²) in [4.78, 5) is 19.4. The van der Waals surface area contributed by atoms with Crippen LogP contribution < -0.4 is 9.80 Å². The number of hydrogen-bond donors (Lipinski definition) is 1. The number of nitrogens with zero attached hydrogens (tertiary/aromatic N) is 5. The molecule has 1 aromatic carbocycles. The van der Waals surface area contributed by atoms with Crippen molar-refractivity contribution in [1.82, 2.24) is 15.0 Å². The minimum absolute atomic E-state index is 0.0772. The van der Waals surface area contributed by atoms with Crippen LogP contribution in [0.3, 0.4) is 0 Å². The fourth-order valence-corrected chi connectivity index (χ4v) is 5.39. The number of ether oxygens (including phenoxy) is 1. The van der Waals surface area contributed by atoms with Crippen molar-refractivity contribution in [2.24, 2.45) is 5.92 Å². The van der Waals surface area contributed by atoms with Crippen LogP contribution >= 0.6 is 11.3 Å². The Hall–Kier alpha value is -2.29. The maximum Gasteiger partial charge on any atom is 0.139 e. The molecule has 158 valence electrons. The fraction of sp³-hybridized carbons (Fsp3) is 0.500. The summed E-state index contributed by atoms with van der Waals surface area (Å²) in [5, 5.41) is 11.5. The summed E-state index contributed by atoms with van der Waals surface area (Å²) >= 11 is 1.62. The van der Waals surface area contributed by atoms with Crippen molar-refractivity contribution in [1.29, 1.82) is 0 Å². The Balaban J connectivity index is 1.35. The number of benzene rings is 1. The molecule has 4 heterocycles. The maximum absolute atomic E-state index is 9.29. The Kier molecular flexibility index (Phi) is 5.79. The standard InChI is InChI=1S/C22H27N5O2S/c28-14-18-12-23-21(30-18)10-16-2-1-5-27(13-16)22-19-4-3-17(11-20(19)24-15-25-22)26-6-8-29-9-7-26/h3-4,11-12,15-16,28H,1-2,5-10,13-14H2. The molecular weight excluding hydrogens is 398 g/mol. The van der Waals surface area contributed by atoms with Crippen molar-refractivity contribution in [3.8, 4) is 0 Å². The van der Waals surface area contributed by atoms with E-state index in [1.807, 2.05) is 0 Å². The second kappa shape index (κ2) is 8.83. The summed E-state index contributed by atoms with van der Waals surface area (Å²) in [6, 6.07) is 6.54. The highest BCUT2D eigenvalue weighted by Gasteiger charge is 2.24. The highest BCUT2D eigenvalue weighted by atomic mass is 32.1. The summed E-state index contributed by atoms with van der Waals surface area (Å²) in [7, 11) is 0. The molecule has 5 rings (SSSR count). The molecule has 0 aliphatic carbocycles. The zero-order chi connectivity index (χ0) is 20.3. The van der Waals surface area contributed by atoms with Crippen molar-refractivity contribution >= 4 is 33.7 Å². The van der Waals surface area contributed by atoms with Crippen LogP contribution in [-0.4, -0.2) is 59.5 Å². The minimum Gasteiger partial charge on any atom is -0.391 e. The third-order valence-corrected chi connectivity index (χ3v) is 7.02. The van der Waals surface area contributed by atoms with Crippen molar-refractivity contribution < 1.29 is 9.84 Å². The van der Waals surface area contributed by atoms with Gasteiger partial charge in [-0.25, -0.2) is 15.0 Å². The molecule has 2 aromatic heterocycles. The lowest BCUT2D eigenvalue weighted by Gasteiger charge is -2.34. The van der Waals surface area contributed by atoms with E-state index in [9.17, 15) is 5.11 Å². The van der Waals surface area contributed by atoms with Gasteiger partial charge in [-0.15, -0.1) is 11.3 Å². The molecule has 2 aliphatic heterocycles. The van der Waals surface area contributed by atoms with E-state index in [1.54, 1.807) is 23.9 Å². The SMILES string of the molecule is OCc1cnc(CC2CCCN(c3ncnc4cc(N5CCOCC5)ccc34)C2)s1. The number of aliphatic hydroxyl groups excluding tert-OH is 1. The number of rotatable bonds is 5. The first-order valence-corrected chi connectivity index (χ1v) is 11.5. The van der Waals surface area contributed by atoms with Crippen LogP contribution in [0.5, 0.6) is 0 Å². The van der Waals surface area contributed by atoms with E-state index in [0.29, 0.717) is 5.92 Å². The van der Waals surface area contributed by atoms with Gasteiger partial charge < -0.3 is 19.6 Å². The minimum atomic E-state index is 0.0772. The molecule has 0 amide bonds. The smallest absolute Gasteiger partial charge is 0.139 e. The van der Waals surface area contributed by atoms with Crippen LogP contribution in [0.25, 0.3) is 10.9 Å². The number of anilines is 2. The van der Waals surface area contributed by atoms with E-state index in [-0.39, 0.29) is 6.61 Å². The van der Waals surface area contributed by atoms with Gasteiger partial charge in [0, 0.05) is 49.9 Å². The molecule has 2 saturated heterocycles. The molecule has 8 heteroatoms. The van der Waals surface area contributed by atoms with E-state index in [4.69, 9.17) is 4.74 Å². The summed E-state index contributed by atoms with van der Waals surface area (Å²) in [6.45, 7) is 5.48. The van der Waals surface area contributed by atoms with Gasteiger partial charge in [0.15, 0.2) is 0 Å². The monoisotopic (exact) mass is 425 g/mol. The van der Waals surface area contributed by atoms with Gasteiger partial charge >= 0.3 is 0 Å². The van der Waals surface area contributed by atoms with Crippen molar-refractivity contribution in [3.05, 3.63) is 40.6 Å². The van der Waals surface area contributed by atoms with E-state index >= 15 is 0 Å². The van der Waals surface area contributed by atoms with Gasteiger partial charge in [-0.3, -0.25) is 0 Å². The molecule has 2 fully saturated rings. The molecule has 2 aliphatic rings. The molecule has 3 aromatic rings. The van der Waals surface area contributed by atoms with Crippen LogP contribution in [0.15, 0.2) is 30.7 Å². The number of hydrogen-bond acceptors (Lipinski definition) is 8. The molecular formula is C22H27N5O2S. The van der Waals surface area contributed by atoms with E-state index in [2.05, 4.69) is 43.0 Å². The van der Waals surface area contributed by atoms with Crippen LogP contribution in [-0.2, 0) is 17.8 Å². The van der Waals surface area contributed by atoms with Gasteiger partial charge in [-0.05, 0) is 37.0 Å². The summed E-state index contributed by atoms with van der Waals surface area (Å²) < 4.78 is 5.48. The van der Waals surface area contributed by atoms with Gasteiger partial charge in [0.25, 0.3) is 0 Å². The van der Waals surface area contributed by atoms with Gasteiger partial charge in [-0.2, -0.15) is 0 Å². The first-order chi connectivity index (χ1) is 14.8. The molecule has 30 heavy (non-hydrogen) atoms. The number of piperidine rings is 1. The first-order valence-electron chi connectivity index (χ1n) is 10.7. The Labute approximate surface area is 180 Å². The Morgan fingerprint density at radius 2 is 2.00 bits per heavy atom. The lowest BCUT2D eigenvalue weighted by Crippen LogP contribution is -2.37. The number of thiazole rings is 1. The van der Waals surface area contributed by atoms with E-state index < -0.39 is 0 Å². The van der Waals surface area contributed by atoms with Crippen molar-refractivity contribution in [2.75, 3.05) is 49.2 Å². The largest absolute Gasteiger partial charge is 0.391 e. The van der Waals surface area contributed by atoms with Crippen LogP contribution in [0.4, 0.5) is 11.5 Å². The number of aromatic nitrogens is 3. The fourth-order valence-electron chi connectivity index (χ4n) is 4.49. The number of fused-ring (bicyclic) bond motifs is 1. The average Bonchev–Trinajstić information content (AvgIpc) is 3.26. The van der Waals surface area contributed by atoms with Gasteiger partial charge in [0.1, 0.15) is 12.1 Å².